The number of piperazine rings is 1. The van der Waals surface area contributed by atoms with Gasteiger partial charge in [0.15, 0.2) is 0 Å². The smallest absolute Gasteiger partial charge is 0.123 e. The summed E-state index contributed by atoms with van der Waals surface area (Å²) < 4.78 is 17.1. The minimum Gasteiger partial charge on any atom is -0.369 e. The lowest BCUT2D eigenvalue weighted by Gasteiger charge is -2.37. The molecule has 0 aliphatic carbocycles. The molecule has 1 aliphatic heterocycles. The van der Waals surface area contributed by atoms with E-state index >= 15 is 0 Å². The molecule has 1 atom stereocenters. The van der Waals surface area contributed by atoms with Gasteiger partial charge in [-0.2, -0.15) is 5.10 Å². The third kappa shape index (κ3) is 5.22. The zero-order valence-electron chi connectivity index (χ0n) is 19.0. The number of benzene rings is 2. The summed E-state index contributed by atoms with van der Waals surface area (Å²) >= 11 is 3.52. The van der Waals surface area contributed by atoms with Crippen LogP contribution in [0.1, 0.15) is 36.7 Å². The first-order chi connectivity index (χ1) is 15.4. The lowest BCUT2D eigenvalue weighted by atomic mass is 10.0. The van der Waals surface area contributed by atoms with Crippen LogP contribution in [-0.2, 0) is 6.54 Å². The van der Waals surface area contributed by atoms with Crippen molar-refractivity contribution in [3.05, 3.63) is 75.8 Å². The molecule has 0 amide bonds. The number of nitrogens with one attached hydrogen (secondary N) is 1. The number of hydrogen-bond acceptors (Lipinski definition) is 4. The molecule has 0 saturated carbocycles. The van der Waals surface area contributed by atoms with Crippen LogP contribution in [0.2, 0.25) is 0 Å². The number of rotatable bonds is 7. The van der Waals surface area contributed by atoms with Gasteiger partial charge in [-0.25, -0.2) is 9.07 Å². The fourth-order valence-corrected chi connectivity index (χ4v) is 4.65. The minimum atomic E-state index is -0.191. The molecule has 0 bridgehead atoms. The zero-order valence-corrected chi connectivity index (χ0v) is 20.6. The van der Waals surface area contributed by atoms with Gasteiger partial charge in [0.25, 0.3) is 0 Å². The predicted molar refractivity (Wildman–Crippen MR) is 132 cm³/mol. The topological polar surface area (TPSA) is 36.3 Å². The third-order valence-electron chi connectivity index (χ3n) is 6.29. The van der Waals surface area contributed by atoms with E-state index in [2.05, 4.69) is 56.2 Å². The van der Waals surface area contributed by atoms with Crippen molar-refractivity contribution in [3.63, 3.8) is 0 Å². The summed E-state index contributed by atoms with van der Waals surface area (Å²) in [7, 11) is 0. The van der Waals surface area contributed by atoms with Gasteiger partial charge in [-0.1, -0.05) is 28.9 Å². The lowest BCUT2D eigenvalue weighted by Crippen LogP contribution is -2.46. The number of anilines is 1. The number of hydrogen-bond donors (Lipinski definition) is 1. The van der Waals surface area contributed by atoms with E-state index in [1.807, 2.05) is 41.9 Å². The molecule has 7 heteroatoms. The first kappa shape index (κ1) is 23.0. The van der Waals surface area contributed by atoms with Gasteiger partial charge < -0.3 is 15.1 Å². The quantitative estimate of drug-likeness (QED) is 0.491. The van der Waals surface area contributed by atoms with Gasteiger partial charge in [0.2, 0.25) is 0 Å². The molecule has 0 spiro atoms. The zero-order chi connectivity index (χ0) is 22.7. The Kier molecular flexibility index (Phi) is 7.28. The van der Waals surface area contributed by atoms with Crippen LogP contribution in [0.3, 0.4) is 0 Å². The number of aromatic nitrogens is 2. The Hall–Kier alpha value is -2.22. The van der Waals surface area contributed by atoms with Gasteiger partial charge in [-0.15, -0.1) is 0 Å². The van der Waals surface area contributed by atoms with E-state index in [1.54, 1.807) is 12.1 Å². The van der Waals surface area contributed by atoms with Gasteiger partial charge in [-0.05, 0) is 62.4 Å². The summed E-state index contributed by atoms with van der Waals surface area (Å²) in [5.41, 5.74) is 5.27. The van der Waals surface area contributed by atoms with Gasteiger partial charge in [-0.3, -0.25) is 0 Å². The maximum atomic E-state index is 14.2. The van der Waals surface area contributed by atoms with E-state index in [1.165, 1.54) is 0 Å². The van der Waals surface area contributed by atoms with Crippen molar-refractivity contribution >= 4 is 21.6 Å². The summed E-state index contributed by atoms with van der Waals surface area (Å²) in [6, 6.07) is 13.3. The molecule has 3 aromatic rings. The molecule has 32 heavy (non-hydrogen) atoms. The SMILES string of the molecule is CCN1CCN(c2ccc(F)cc2C(C)NCc2cn(-c3cccc(Br)c3)nc2C)CC1. The molecule has 1 N–H and O–H groups in total. The van der Waals surface area contributed by atoms with Crippen molar-refractivity contribution in [2.75, 3.05) is 37.6 Å². The molecule has 1 unspecified atom stereocenters. The van der Waals surface area contributed by atoms with Crippen molar-refractivity contribution in [3.8, 4) is 5.69 Å². The van der Waals surface area contributed by atoms with Crippen molar-refractivity contribution in [1.29, 1.82) is 0 Å². The molecular formula is C25H31BrFN5. The van der Waals surface area contributed by atoms with Crippen LogP contribution in [0.4, 0.5) is 10.1 Å². The highest BCUT2D eigenvalue weighted by Crippen LogP contribution is 2.29. The fraction of sp³-hybridized carbons (Fsp3) is 0.400. The Bertz CT molecular complexity index is 1060. The summed E-state index contributed by atoms with van der Waals surface area (Å²) in [5, 5.41) is 8.27. The summed E-state index contributed by atoms with van der Waals surface area (Å²) in [5.74, 6) is -0.191. The summed E-state index contributed by atoms with van der Waals surface area (Å²) in [4.78, 5) is 4.84. The number of aryl methyl sites for hydroxylation is 1. The molecular weight excluding hydrogens is 469 g/mol. The molecule has 5 nitrogen and oxygen atoms in total. The summed E-state index contributed by atoms with van der Waals surface area (Å²) in [6.45, 7) is 12.1. The normalized spacial score (nSPS) is 15.8. The van der Waals surface area contributed by atoms with Crippen molar-refractivity contribution in [1.82, 2.24) is 20.0 Å². The molecule has 1 aliphatic rings. The first-order valence-electron chi connectivity index (χ1n) is 11.3. The molecule has 2 aromatic carbocycles. The predicted octanol–water partition coefficient (Wildman–Crippen LogP) is 5.08. The Labute approximate surface area is 198 Å². The van der Waals surface area contributed by atoms with Crippen LogP contribution in [-0.4, -0.2) is 47.4 Å². The molecule has 0 radical (unpaired) electrons. The number of likely N-dealkylation sites (N-methyl/N-ethyl adjacent to an activating group) is 1. The van der Waals surface area contributed by atoms with E-state index in [0.717, 1.165) is 65.4 Å². The van der Waals surface area contributed by atoms with Gasteiger partial charge in [0, 0.05) is 60.7 Å². The molecule has 2 heterocycles. The van der Waals surface area contributed by atoms with Crippen molar-refractivity contribution in [2.24, 2.45) is 0 Å². The average molecular weight is 500 g/mol. The largest absolute Gasteiger partial charge is 0.369 e. The summed E-state index contributed by atoms with van der Waals surface area (Å²) in [6.07, 6.45) is 2.06. The molecule has 1 aromatic heterocycles. The van der Waals surface area contributed by atoms with Crippen LogP contribution in [0.5, 0.6) is 0 Å². The van der Waals surface area contributed by atoms with E-state index in [0.29, 0.717) is 6.54 Å². The second kappa shape index (κ2) is 10.1. The fourth-order valence-electron chi connectivity index (χ4n) is 4.26. The maximum Gasteiger partial charge on any atom is 0.123 e. The van der Waals surface area contributed by atoms with E-state index < -0.39 is 0 Å². The van der Waals surface area contributed by atoms with Gasteiger partial charge >= 0.3 is 0 Å². The highest BCUT2D eigenvalue weighted by atomic mass is 79.9. The maximum absolute atomic E-state index is 14.2. The second-order valence-electron chi connectivity index (χ2n) is 8.39. The average Bonchev–Trinajstić information content (AvgIpc) is 3.18. The monoisotopic (exact) mass is 499 g/mol. The number of halogens is 2. The van der Waals surface area contributed by atoms with E-state index in [4.69, 9.17) is 0 Å². The molecule has 1 saturated heterocycles. The van der Waals surface area contributed by atoms with Crippen molar-refractivity contribution in [2.45, 2.75) is 33.4 Å². The standard InChI is InChI=1S/C25H31BrFN5/c1-4-30-10-12-31(13-11-30)25-9-8-22(27)15-24(25)19(3)28-16-20-17-32(29-18(20)2)23-7-5-6-21(26)14-23/h5-9,14-15,17,19,28H,4,10-13,16H2,1-3H3. The van der Waals surface area contributed by atoms with Crippen LogP contribution >= 0.6 is 15.9 Å². The minimum absolute atomic E-state index is 0.0125. The van der Waals surface area contributed by atoms with Crippen LogP contribution in [0, 0.1) is 12.7 Å². The first-order valence-corrected chi connectivity index (χ1v) is 12.0. The Morgan fingerprint density at radius 1 is 1.12 bits per heavy atom. The molecule has 1 fully saturated rings. The third-order valence-corrected chi connectivity index (χ3v) is 6.78. The van der Waals surface area contributed by atoms with Crippen LogP contribution in [0.25, 0.3) is 5.69 Å². The molecule has 4 rings (SSSR count). The Balaban J connectivity index is 1.48. The van der Waals surface area contributed by atoms with Crippen molar-refractivity contribution < 1.29 is 4.39 Å². The van der Waals surface area contributed by atoms with E-state index in [-0.39, 0.29) is 11.9 Å². The van der Waals surface area contributed by atoms with Crippen LogP contribution in [0.15, 0.2) is 53.1 Å². The van der Waals surface area contributed by atoms with Gasteiger partial charge in [0.05, 0.1) is 11.4 Å². The number of nitrogens with zero attached hydrogens (tertiary/aromatic N) is 4. The van der Waals surface area contributed by atoms with Crippen LogP contribution < -0.4 is 10.2 Å². The Morgan fingerprint density at radius 3 is 2.62 bits per heavy atom. The highest BCUT2D eigenvalue weighted by Gasteiger charge is 2.21. The second-order valence-corrected chi connectivity index (χ2v) is 9.31. The lowest BCUT2D eigenvalue weighted by molar-refractivity contribution is 0.271. The molecule has 170 valence electrons. The van der Waals surface area contributed by atoms with Gasteiger partial charge in [0.1, 0.15) is 5.82 Å². The Morgan fingerprint density at radius 2 is 1.91 bits per heavy atom. The van der Waals surface area contributed by atoms with E-state index in [9.17, 15) is 4.39 Å². The highest BCUT2D eigenvalue weighted by molar-refractivity contribution is 9.10.